The maximum Gasteiger partial charge on any atom is 0.216 e. The Morgan fingerprint density at radius 1 is 0.867 bits per heavy atom. The van der Waals surface area contributed by atoms with E-state index in [0.717, 1.165) is 46.9 Å². The van der Waals surface area contributed by atoms with Crippen molar-refractivity contribution in [3.05, 3.63) is 90.6 Å². The normalized spacial score (nSPS) is 11.2. The smallest absolute Gasteiger partial charge is 0.216 e. The van der Waals surface area contributed by atoms with Crippen LogP contribution in [0.1, 0.15) is 19.0 Å². The Balaban J connectivity index is 1.79. The molecule has 0 aliphatic rings. The van der Waals surface area contributed by atoms with Gasteiger partial charge < -0.3 is 9.88 Å². The van der Waals surface area contributed by atoms with Crippen molar-refractivity contribution in [3.63, 3.8) is 0 Å². The molecule has 0 radical (unpaired) electrons. The minimum Gasteiger partial charge on any atom is -0.345 e. The number of aryl methyl sites for hydroxylation is 1. The number of aromatic nitrogens is 3. The molecule has 0 amide bonds. The highest BCUT2D eigenvalue weighted by Crippen LogP contribution is 2.31. The molecular weight excluding hydrogens is 388 g/mol. The summed E-state index contributed by atoms with van der Waals surface area (Å²) in [7, 11) is 0. The highest BCUT2D eigenvalue weighted by molar-refractivity contribution is 7.81. The van der Waals surface area contributed by atoms with Crippen LogP contribution < -0.4 is 5.32 Å². The SMILES string of the molecule is CCCn1c2ccccc2n2c(C(=S)Nc3ccccc3)c(-c3ccccc3)nc12. The fraction of sp³-hybridized carbons (Fsp3) is 0.120. The van der Waals surface area contributed by atoms with Crippen molar-refractivity contribution in [1.29, 1.82) is 0 Å². The van der Waals surface area contributed by atoms with Gasteiger partial charge in [0.15, 0.2) is 0 Å². The quantitative estimate of drug-likeness (QED) is 0.353. The molecule has 5 aromatic rings. The van der Waals surface area contributed by atoms with Gasteiger partial charge in [0.1, 0.15) is 16.4 Å². The third-order valence-electron chi connectivity index (χ3n) is 5.26. The van der Waals surface area contributed by atoms with E-state index in [1.165, 1.54) is 5.52 Å². The van der Waals surface area contributed by atoms with Crippen LogP contribution in [-0.4, -0.2) is 18.9 Å². The van der Waals surface area contributed by atoms with Gasteiger partial charge in [-0.25, -0.2) is 4.98 Å². The van der Waals surface area contributed by atoms with Crippen LogP contribution in [0, 0.1) is 0 Å². The van der Waals surface area contributed by atoms with Gasteiger partial charge in [0.25, 0.3) is 0 Å². The van der Waals surface area contributed by atoms with E-state index in [4.69, 9.17) is 17.2 Å². The second kappa shape index (κ2) is 7.76. The summed E-state index contributed by atoms with van der Waals surface area (Å²) < 4.78 is 4.49. The molecule has 0 saturated heterocycles. The molecule has 0 unspecified atom stereocenters. The summed E-state index contributed by atoms with van der Waals surface area (Å²) in [5.41, 5.74) is 6.12. The van der Waals surface area contributed by atoms with Crippen molar-refractivity contribution in [2.75, 3.05) is 5.32 Å². The zero-order valence-electron chi connectivity index (χ0n) is 16.7. The maximum atomic E-state index is 5.93. The molecule has 0 spiro atoms. The number of hydrogen-bond donors (Lipinski definition) is 1. The van der Waals surface area contributed by atoms with Crippen molar-refractivity contribution in [2.24, 2.45) is 0 Å². The van der Waals surface area contributed by atoms with Gasteiger partial charge >= 0.3 is 0 Å². The average Bonchev–Trinajstić information content (AvgIpc) is 3.31. The molecule has 4 nitrogen and oxygen atoms in total. The second-order valence-electron chi connectivity index (χ2n) is 7.27. The average molecular weight is 411 g/mol. The van der Waals surface area contributed by atoms with E-state index < -0.39 is 0 Å². The maximum absolute atomic E-state index is 5.93. The molecule has 0 saturated carbocycles. The van der Waals surface area contributed by atoms with Crippen LogP contribution in [0.3, 0.4) is 0 Å². The summed E-state index contributed by atoms with van der Waals surface area (Å²) >= 11 is 5.93. The predicted octanol–water partition coefficient (Wildman–Crippen LogP) is 6.15. The van der Waals surface area contributed by atoms with Crippen LogP contribution in [0.2, 0.25) is 0 Å². The number of imidazole rings is 2. The number of nitrogens with zero attached hydrogens (tertiary/aromatic N) is 3. The lowest BCUT2D eigenvalue weighted by atomic mass is 10.1. The van der Waals surface area contributed by atoms with Crippen molar-refractivity contribution in [2.45, 2.75) is 19.9 Å². The molecule has 3 aromatic carbocycles. The molecule has 0 fully saturated rings. The highest BCUT2D eigenvalue weighted by atomic mass is 32.1. The summed E-state index contributed by atoms with van der Waals surface area (Å²) in [6.07, 6.45) is 1.03. The van der Waals surface area contributed by atoms with Gasteiger partial charge in [-0.3, -0.25) is 4.40 Å². The van der Waals surface area contributed by atoms with E-state index in [9.17, 15) is 0 Å². The largest absolute Gasteiger partial charge is 0.345 e. The van der Waals surface area contributed by atoms with Crippen LogP contribution in [0.25, 0.3) is 28.1 Å². The lowest BCUT2D eigenvalue weighted by Crippen LogP contribution is -2.14. The van der Waals surface area contributed by atoms with Crippen molar-refractivity contribution in [1.82, 2.24) is 14.0 Å². The number of anilines is 1. The first kappa shape index (κ1) is 18.6. The van der Waals surface area contributed by atoms with E-state index in [2.05, 4.69) is 57.6 Å². The van der Waals surface area contributed by atoms with Gasteiger partial charge in [-0.2, -0.15) is 0 Å². The zero-order chi connectivity index (χ0) is 20.5. The van der Waals surface area contributed by atoms with Gasteiger partial charge in [-0.1, -0.05) is 79.8 Å². The molecule has 30 heavy (non-hydrogen) atoms. The van der Waals surface area contributed by atoms with Crippen LogP contribution >= 0.6 is 12.2 Å². The number of hydrogen-bond acceptors (Lipinski definition) is 2. The Morgan fingerprint density at radius 3 is 2.20 bits per heavy atom. The van der Waals surface area contributed by atoms with Crippen LogP contribution in [-0.2, 0) is 6.54 Å². The fourth-order valence-corrected chi connectivity index (χ4v) is 4.28. The number of benzene rings is 3. The van der Waals surface area contributed by atoms with E-state index in [1.807, 2.05) is 48.5 Å². The molecule has 5 rings (SSSR count). The molecule has 1 N–H and O–H groups in total. The minimum atomic E-state index is 0.659. The topological polar surface area (TPSA) is 34.3 Å². The molecule has 2 aromatic heterocycles. The Morgan fingerprint density at radius 2 is 1.50 bits per heavy atom. The number of fused-ring (bicyclic) bond motifs is 3. The van der Waals surface area contributed by atoms with Gasteiger partial charge in [0.05, 0.1) is 11.0 Å². The molecule has 148 valence electrons. The van der Waals surface area contributed by atoms with Crippen LogP contribution in [0.4, 0.5) is 5.69 Å². The number of nitrogens with one attached hydrogen (secondary N) is 1. The lowest BCUT2D eigenvalue weighted by Gasteiger charge is -2.10. The number of para-hydroxylation sites is 3. The van der Waals surface area contributed by atoms with Crippen molar-refractivity contribution >= 4 is 39.7 Å². The molecule has 0 aliphatic carbocycles. The molecule has 0 atom stereocenters. The first-order chi connectivity index (χ1) is 14.8. The van der Waals surface area contributed by atoms with Gasteiger partial charge in [-0.05, 0) is 30.7 Å². The van der Waals surface area contributed by atoms with Gasteiger partial charge in [-0.15, -0.1) is 0 Å². The number of thiocarbonyl (C=S) groups is 1. The highest BCUT2D eigenvalue weighted by Gasteiger charge is 2.23. The lowest BCUT2D eigenvalue weighted by molar-refractivity contribution is 0.712. The van der Waals surface area contributed by atoms with E-state index in [-0.39, 0.29) is 0 Å². The monoisotopic (exact) mass is 410 g/mol. The summed E-state index contributed by atoms with van der Waals surface area (Å²) in [5.74, 6) is 0.920. The van der Waals surface area contributed by atoms with Gasteiger partial charge in [0.2, 0.25) is 5.78 Å². The number of rotatable bonds is 5. The van der Waals surface area contributed by atoms with Crippen LogP contribution in [0.5, 0.6) is 0 Å². The molecule has 0 bridgehead atoms. The van der Waals surface area contributed by atoms with Crippen molar-refractivity contribution in [3.8, 4) is 11.3 Å². The Kier molecular flexibility index (Phi) is 4.81. The molecule has 5 heteroatoms. The van der Waals surface area contributed by atoms with E-state index in [0.29, 0.717) is 4.99 Å². The van der Waals surface area contributed by atoms with Crippen molar-refractivity contribution < 1.29 is 0 Å². The summed E-state index contributed by atoms with van der Waals surface area (Å²) in [4.78, 5) is 5.76. The fourth-order valence-electron chi connectivity index (χ4n) is 3.97. The van der Waals surface area contributed by atoms with E-state index >= 15 is 0 Å². The molecule has 0 aliphatic heterocycles. The van der Waals surface area contributed by atoms with E-state index in [1.54, 1.807) is 0 Å². The molecule has 2 heterocycles. The Labute approximate surface area is 180 Å². The predicted molar refractivity (Wildman–Crippen MR) is 128 cm³/mol. The summed E-state index contributed by atoms with van der Waals surface area (Å²) in [6, 6.07) is 28.7. The second-order valence-corrected chi connectivity index (χ2v) is 7.68. The standard InChI is InChI=1S/C25H22N4S/c1-2-17-28-20-15-9-10-16-21(20)29-23(24(30)26-19-13-7-4-8-14-19)22(27-25(28)29)18-11-5-3-6-12-18/h3-16H,2,17H2,1H3,(H,26,30). The third kappa shape index (κ3) is 3.08. The van der Waals surface area contributed by atoms with Crippen LogP contribution in [0.15, 0.2) is 84.9 Å². The first-order valence-electron chi connectivity index (χ1n) is 10.2. The Bertz CT molecular complexity index is 1330. The first-order valence-corrected chi connectivity index (χ1v) is 10.6. The summed E-state index contributed by atoms with van der Waals surface area (Å²) in [6.45, 7) is 3.09. The van der Waals surface area contributed by atoms with Gasteiger partial charge in [0, 0.05) is 17.8 Å². The zero-order valence-corrected chi connectivity index (χ0v) is 17.6. The third-order valence-corrected chi connectivity index (χ3v) is 5.55. The molecular formula is C25H22N4S. The minimum absolute atomic E-state index is 0.659. The Hall–Kier alpha value is -3.44. The summed E-state index contributed by atoms with van der Waals surface area (Å²) in [5, 5.41) is 3.41.